The minimum absolute atomic E-state index is 0. The molecule has 4 heavy (non-hydrogen) atoms. The SMILES string of the molecule is CO.N.S. The van der Waals surface area contributed by atoms with E-state index >= 15 is 0 Å². The highest BCUT2D eigenvalue weighted by molar-refractivity contribution is 7.59. The lowest BCUT2D eigenvalue weighted by molar-refractivity contribution is 0.399. The number of hydrogen-bond acceptors (Lipinski definition) is 2. The fourth-order valence-electron chi connectivity index (χ4n) is 0. The summed E-state index contributed by atoms with van der Waals surface area (Å²) in [6.07, 6.45) is 0. The van der Waals surface area contributed by atoms with Crippen LogP contribution in [0.5, 0.6) is 0 Å². The zero-order chi connectivity index (χ0) is 2.00. The Balaban J connectivity index is -0.00000000500. The molecule has 0 amide bonds. The average Bonchev–Trinajstić information content (AvgIpc) is 1.00. The summed E-state index contributed by atoms with van der Waals surface area (Å²) in [7, 11) is 1.00. The lowest BCUT2D eigenvalue weighted by atomic mass is 11.8. The van der Waals surface area contributed by atoms with Gasteiger partial charge in [0.2, 0.25) is 0 Å². The van der Waals surface area contributed by atoms with E-state index in [1.54, 1.807) is 0 Å². The van der Waals surface area contributed by atoms with E-state index in [9.17, 15) is 0 Å². The largest absolute Gasteiger partial charge is 0.400 e. The lowest BCUT2D eigenvalue weighted by Crippen LogP contribution is -1.25. The molecule has 0 radical (unpaired) electrons. The second-order valence-electron chi connectivity index (χ2n) is 0. The maximum Gasteiger partial charge on any atom is 0.0319 e. The first-order chi connectivity index (χ1) is 1.00. The van der Waals surface area contributed by atoms with Gasteiger partial charge in [-0.15, -0.1) is 0 Å². The molecule has 3 heteroatoms. The first-order valence-corrected chi connectivity index (χ1v) is 0.447. The van der Waals surface area contributed by atoms with E-state index in [4.69, 9.17) is 5.11 Å². The summed E-state index contributed by atoms with van der Waals surface area (Å²) in [5.41, 5.74) is 0. The molecule has 0 saturated heterocycles. The lowest BCUT2D eigenvalue weighted by Gasteiger charge is -1.21. The molecule has 0 unspecified atom stereocenters. The van der Waals surface area contributed by atoms with Crippen LogP contribution in [0.4, 0.5) is 0 Å². The number of hydrogen-bond donors (Lipinski definition) is 2. The van der Waals surface area contributed by atoms with Crippen LogP contribution in [0.1, 0.15) is 0 Å². The Labute approximate surface area is 32.9 Å². The number of aliphatic hydroxyl groups is 1. The molecule has 2 nitrogen and oxygen atoms in total. The molecular formula is CH9NOS. The molecule has 0 bridgehead atoms. The van der Waals surface area contributed by atoms with Gasteiger partial charge in [-0.3, -0.25) is 0 Å². The van der Waals surface area contributed by atoms with E-state index in [2.05, 4.69) is 0 Å². The van der Waals surface area contributed by atoms with E-state index in [1.165, 1.54) is 0 Å². The second kappa shape index (κ2) is 231. The molecule has 0 aromatic heterocycles. The number of rotatable bonds is 0. The van der Waals surface area contributed by atoms with Gasteiger partial charge in [0.25, 0.3) is 0 Å². The molecule has 0 spiro atoms. The third kappa shape index (κ3) is 50.2. The topological polar surface area (TPSA) is 55.2 Å². The van der Waals surface area contributed by atoms with E-state index < -0.39 is 0 Å². The summed E-state index contributed by atoms with van der Waals surface area (Å²) in [6, 6.07) is 0. The van der Waals surface area contributed by atoms with Gasteiger partial charge in [0.05, 0.1) is 0 Å². The molecule has 0 heterocycles. The molecule has 4 N–H and O–H groups in total. The summed E-state index contributed by atoms with van der Waals surface area (Å²) in [5.74, 6) is 0. The monoisotopic (exact) mass is 83.0 g/mol. The average molecular weight is 83.2 g/mol. The van der Waals surface area contributed by atoms with Crippen molar-refractivity contribution in [1.82, 2.24) is 6.15 Å². The predicted octanol–water partition coefficient (Wildman–Crippen LogP) is -0.117. The first-order valence-electron chi connectivity index (χ1n) is 0.447. The Bertz CT molecular complexity index is 8.00. The molecule has 0 aromatic carbocycles. The van der Waals surface area contributed by atoms with Gasteiger partial charge in [-0.1, -0.05) is 0 Å². The van der Waals surface area contributed by atoms with Crippen molar-refractivity contribution in [3.05, 3.63) is 0 Å². The van der Waals surface area contributed by atoms with Crippen molar-refractivity contribution in [2.45, 2.75) is 0 Å². The minimum Gasteiger partial charge on any atom is -0.400 e. The molecule has 0 aliphatic heterocycles. The second-order valence-corrected chi connectivity index (χ2v) is 0. The van der Waals surface area contributed by atoms with Crippen LogP contribution in [0.2, 0.25) is 0 Å². The van der Waals surface area contributed by atoms with Gasteiger partial charge in [-0.25, -0.2) is 0 Å². The summed E-state index contributed by atoms with van der Waals surface area (Å²) in [4.78, 5) is 0. The third-order valence-corrected chi connectivity index (χ3v) is 0. The minimum atomic E-state index is 0. The van der Waals surface area contributed by atoms with Crippen LogP contribution in [-0.2, 0) is 0 Å². The predicted molar refractivity (Wildman–Crippen MR) is 23.5 cm³/mol. The molecule has 0 saturated carbocycles. The fourth-order valence-corrected chi connectivity index (χ4v) is 0. The number of aliphatic hydroxyl groups excluding tert-OH is 1. The Kier molecular flexibility index (Phi) is 1640. The van der Waals surface area contributed by atoms with Crippen LogP contribution in [-0.4, -0.2) is 12.2 Å². The molecule has 0 rings (SSSR count). The molecule has 0 fully saturated rings. The molecule has 30 valence electrons. The highest BCUT2D eigenvalue weighted by atomic mass is 32.1. The van der Waals surface area contributed by atoms with Crippen LogP contribution in [0.15, 0.2) is 0 Å². The van der Waals surface area contributed by atoms with Gasteiger partial charge < -0.3 is 11.3 Å². The van der Waals surface area contributed by atoms with Crippen LogP contribution in [0.3, 0.4) is 0 Å². The maximum absolute atomic E-state index is 7.00. The Morgan fingerprint density at radius 1 is 1.25 bits per heavy atom. The Morgan fingerprint density at radius 2 is 1.25 bits per heavy atom. The highest BCUT2D eigenvalue weighted by Gasteiger charge is 0.839. The first kappa shape index (κ1) is 28.3. The van der Waals surface area contributed by atoms with Crippen molar-refractivity contribution >= 4 is 13.5 Å². The van der Waals surface area contributed by atoms with Gasteiger partial charge in [0, 0.05) is 7.11 Å². The Morgan fingerprint density at radius 3 is 1.25 bits per heavy atom. The standard InChI is InChI=1S/CH4O.H3N.H2S/c1-2;;/h2H,1H3;1H3;1H2. The van der Waals surface area contributed by atoms with Crippen molar-refractivity contribution in [2.75, 3.05) is 7.11 Å². The molecule has 0 aliphatic rings. The normalized spacial score (nSPS) is 1.50. The van der Waals surface area contributed by atoms with Crippen molar-refractivity contribution in [2.24, 2.45) is 0 Å². The summed E-state index contributed by atoms with van der Waals surface area (Å²) >= 11 is 0. The molecule has 0 aromatic rings. The van der Waals surface area contributed by atoms with Crippen molar-refractivity contribution in [3.8, 4) is 0 Å². The van der Waals surface area contributed by atoms with E-state index in [0.717, 1.165) is 7.11 Å². The van der Waals surface area contributed by atoms with Crippen LogP contribution >= 0.6 is 13.5 Å². The maximum atomic E-state index is 7.00. The molecular weight excluding hydrogens is 74.1 g/mol. The van der Waals surface area contributed by atoms with E-state index in [0.29, 0.717) is 0 Å². The zero-order valence-electron chi connectivity index (χ0n) is 2.65. The zero-order valence-corrected chi connectivity index (χ0v) is 3.65. The summed E-state index contributed by atoms with van der Waals surface area (Å²) in [5, 5.41) is 7.00. The van der Waals surface area contributed by atoms with Crippen LogP contribution in [0.25, 0.3) is 0 Å². The molecule has 0 aliphatic carbocycles. The summed E-state index contributed by atoms with van der Waals surface area (Å²) in [6.45, 7) is 0. The fraction of sp³-hybridized carbons (Fsp3) is 1.00. The summed E-state index contributed by atoms with van der Waals surface area (Å²) < 4.78 is 0. The van der Waals surface area contributed by atoms with E-state index in [-0.39, 0.29) is 19.6 Å². The van der Waals surface area contributed by atoms with Gasteiger partial charge in [-0.2, -0.15) is 13.5 Å². The van der Waals surface area contributed by atoms with Crippen LogP contribution in [0, 0.1) is 0 Å². The smallest absolute Gasteiger partial charge is 0.0319 e. The quantitative estimate of drug-likeness (QED) is 0.429. The van der Waals surface area contributed by atoms with Crippen molar-refractivity contribution in [1.29, 1.82) is 0 Å². The van der Waals surface area contributed by atoms with Gasteiger partial charge >= 0.3 is 0 Å². The van der Waals surface area contributed by atoms with E-state index in [1.807, 2.05) is 0 Å². The van der Waals surface area contributed by atoms with Gasteiger partial charge in [0.1, 0.15) is 0 Å². The van der Waals surface area contributed by atoms with Gasteiger partial charge in [-0.05, 0) is 0 Å². The Hall–Kier alpha value is 0.270. The van der Waals surface area contributed by atoms with Crippen molar-refractivity contribution in [3.63, 3.8) is 0 Å². The van der Waals surface area contributed by atoms with Crippen LogP contribution < -0.4 is 6.15 Å². The highest BCUT2D eigenvalue weighted by Crippen LogP contribution is 0.755. The van der Waals surface area contributed by atoms with Crippen molar-refractivity contribution < 1.29 is 5.11 Å². The van der Waals surface area contributed by atoms with Gasteiger partial charge in [0.15, 0.2) is 0 Å². The molecule has 0 atom stereocenters. The third-order valence-electron chi connectivity index (χ3n) is 0.